The number of carboxylic acids is 1. The number of halogens is 1. The van der Waals surface area contributed by atoms with Crippen LogP contribution in [0, 0.1) is 12.7 Å². The Balaban J connectivity index is 1.90. The Labute approximate surface area is 143 Å². The predicted molar refractivity (Wildman–Crippen MR) is 84.6 cm³/mol. The Hall–Kier alpha value is -2.77. The fourth-order valence-electron chi connectivity index (χ4n) is 3.17. The topological polar surface area (TPSA) is 105 Å². The van der Waals surface area contributed by atoms with Gasteiger partial charge in [0.25, 0.3) is 5.91 Å². The lowest BCUT2D eigenvalue weighted by molar-refractivity contribution is 0.0695. The van der Waals surface area contributed by atoms with Crippen molar-refractivity contribution < 1.29 is 23.6 Å². The van der Waals surface area contributed by atoms with Crippen LogP contribution in [0.15, 0.2) is 22.7 Å². The van der Waals surface area contributed by atoms with Gasteiger partial charge in [-0.15, -0.1) is 0 Å². The maximum atomic E-state index is 14.2. The molecule has 1 fully saturated rings. The zero-order chi connectivity index (χ0) is 18.0. The van der Waals surface area contributed by atoms with E-state index in [1.54, 1.807) is 6.92 Å². The van der Waals surface area contributed by atoms with Crippen molar-refractivity contribution in [1.29, 1.82) is 0 Å². The molecule has 0 unspecified atom stereocenters. The van der Waals surface area contributed by atoms with E-state index in [0.29, 0.717) is 24.6 Å². The fourth-order valence-corrected chi connectivity index (χ4v) is 3.17. The highest BCUT2D eigenvalue weighted by molar-refractivity contribution is 5.96. The van der Waals surface area contributed by atoms with Crippen molar-refractivity contribution in [2.75, 3.05) is 0 Å². The average Bonchev–Trinajstić information content (AvgIpc) is 3.02. The number of aryl methyl sites for hydroxylation is 1. The smallest absolute Gasteiger partial charge is 0.335 e. The summed E-state index contributed by atoms with van der Waals surface area (Å²) < 4.78 is 19.2. The van der Waals surface area contributed by atoms with Crippen molar-refractivity contribution in [2.24, 2.45) is 0 Å². The van der Waals surface area contributed by atoms with Gasteiger partial charge in [-0.3, -0.25) is 4.79 Å². The highest BCUT2D eigenvalue weighted by Gasteiger charge is 2.40. The minimum atomic E-state index is -1.25. The third kappa shape index (κ3) is 3.38. The van der Waals surface area contributed by atoms with Gasteiger partial charge in [0.1, 0.15) is 11.4 Å². The van der Waals surface area contributed by atoms with E-state index < -0.39 is 23.2 Å². The molecule has 8 heteroatoms. The molecular formula is C17H18FN3O4. The molecule has 1 aromatic carbocycles. The number of rotatable bonds is 4. The van der Waals surface area contributed by atoms with Crippen LogP contribution in [0.2, 0.25) is 0 Å². The van der Waals surface area contributed by atoms with Gasteiger partial charge in [0, 0.05) is 6.92 Å². The van der Waals surface area contributed by atoms with E-state index in [9.17, 15) is 14.0 Å². The Morgan fingerprint density at radius 2 is 2.00 bits per heavy atom. The lowest BCUT2D eigenvalue weighted by Crippen LogP contribution is -2.48. The summed E-state index contributed by atoms with van der Waals surface area (Å²) in [6.45, 7) is 1.67. The maximum absolute atomic E-state index is 14.2. The third-order valence-corrected chi connectivity index (χ3v) is 4.48. The van der Waals surface area contributed by atoms with Crippen molar-refractivity contribution >= 4 is 11.9 Å². The van der Waals surface area contributed by atoms with Gasteiger partial charge >= 0.3 is 5.97 Å². The van der Waals surface area contributed by atoms with E-state index in [0.717, 1.165) is 25.3 Å². The number of carboxylic acid groups (broad SMARTS) is 1. The van der Waals surface area contributed by atoms with Gasteiger partial charge in [-0.05, 0) is 31.0 Å². The van der Waals surface area contributed by atoms with Crippen molar-refractivity contribution in [3.8, 4) is 0 Å². The molecule has 2 N–H and O–H groups in total. The second-order valence-corrected chi connectivity index (χ2v) is 6.23. The van der Waals surface area contributed by atoms with Crippen LogP contribution in [0.4, 0.5) is 4.39 Å². The third-order valence-electron chi connectivity index (χ3n) is 4.48. The zero-order valence-corrected chi connectivity index (χ0v) is 13.7. The van der Waals surface area contributed by atoms with Crippen LogP contribution in [-0.4, -0.2) is 27.1 Å². The standard InChI is InChI=1S/C17H18FN3O4/c1-10-19-16(21-25-10)17(7-3-2-4-8-17)20-14(22)12-6-5-11(15(23)24)9-13(12)18/h5-6,9H,2-4,7-8H2,1H3,(H,20,22)(H,23,24). The SMILES string of the molecule is Cc1nc(C2(NC(=O)c3ccc(C(=O)O)cc3F)CCCCC2)no1. The molecule has 1 saturated carbocycles. The number of nitrogens with zero attached hydrogens (tertiary/aromatic N) is 2. The van der Waals surface area contributed by atoms with Gasteiger partial charge in [-0.2, -0.15) is 4.98 Å². The summed E-state index contributed by atoms with van der Waals surface area (Å²) in [4.78, 5) is 27.8. The van der Waals surface area contributed by atoms with Crippen LogP contribution in [0.25, 0.3) is 0 Å². The van der Waals surface area contributed by atoms with Crippen LogP contribution in [0.1, 0.15) is 64.5 Å². The van der Waals surface area contributed by atoms with Crippen LogP contribution in [-0.2, 0) is 5.54 Å². The molecular weight excluding hydrogens is 329 g/mol. The minimum Gasteiger partial charge on any atom is -0.478 e. The summed E-state index contributed by atoms with van der Waals surface area (Å²) >= 11 is 0. The molecule has 1 amide bonds. The van der Waals surface area contributed by atoms with Crippen LogP contribution in [0.5, 0.6) is 0 Å². The second kappa shape index (κ2) is 6.62. The number of carbonyl (C=O) groups is 2. The van der Waals surface area contributed by atoms with Crippen molar-refractivity contribution in [3.05, 3.63) is 46.9 Å². The molecule has 1 aliphatic carbocycles. The largest absolute Gasteiger partial charge is 0.478 e. The number of amides is 1. The summed E-state index contributed by atoms with van der Waals surface area (Å²) in [6.07, 6.45) is 4.07. The highest BCUT2D eigenvalue weighted by Crippen LogP contribution is 2.36. The zero-order valence-electron chi connectivity index (χ0n) is 13.7. The molecule has 0 bridgehead atoms. The quantitative estimate of drug-likeness (QED) is 0.881. The lowest BCUT2D eigenvalue weighted by Gasteiger charge is -2.35. The van der Waals surface area contributed by atoms with Crippen molar-refractivity contribution in [2.45, 2.75) is 44.6 Å². The van der Waals surface area contributed by atoms with E-state index in [4.69, 9.17) is 9.63 Å². The number of nitrogens with one attached hydrogen (secondary N) is 1. The van der Waals surface area contributed by atoms with E-state index in [2.05, 4.69) is 15.5 Å². The maximum Gasteiger partial charge on any atom is 0.335 e. The molecule has 0 radical (unpaired) electrons. The molecule has 1 aromatic heterocycles. The molecule has 132 valence electrons. The monoisotopic (exact) mass is 347 g/mol. The summed E-state index contributed by atoms with van der Waals surface area (Å²) in [7, 11) is 0. The normalized spacial score (nSPS) is 16.4. The summed E-state index contributed by atoms with van der Waals surface area (Å²) in [5.74, 6) is -1.98. The van der Waals surface area contributed by atoms with Crippen molar-refractivity contribution in [1.82, 2.24) is 15.5 Å². The average molecular weight is 347 g/mol. The first-order chi connectivity index (χ1) is 11.9. The number of hydrogen-bond donors (Lipinski definition) is 2. The second-order valence-electron chi connectivity index (χ2n) is 6.23. The number of aromatic carboxylic acids is 1. The number of benzene rings is 1. The fraction of sp³-hybridized carbons (Fsp3) is 0.412. The molecule has 0 saturated heterocycles. The Bertz CT molecular complexity index is 812. The Morgan fingerprint density at radius 3 is 2.56 bits per heavy atom. The van der Waals surface area contributed by atoms with Gasteiger partial charge in [-0.1, -0.05) is 24.4 Å². The van der Waals surface area contributed by atoms with Crippen molar-refractivity contribution in [3.63, 3.8) is 0 Å². The Kier molecular flexibility index (Phi) is 4.52. The van der Waals surface area contributed by atoms with Crippen LogP contribution in [0.3, 0.4) is 0 Å². The van der Waals surface area contributed by atoms with Gasteiger partial charge in [0.05, 0.1) is 11.1 Å². The first-order valence-electron chi connectivity index (χ1n) is 8.07. The first kappa shape index (κ1) is 17.1. The van der Waals surface area contributed by atoms with Gasteiger partial charge in [0.15, 0.2) is 5.82 Å². The van der Waals surface area contributed by atoms with E-state index in [1.807, 2.05) is 0 Å². The van der Waals surface area contributed by atoms with Gasteiger partial charge < -0.3 is 14.9 Å². The summed E-state index contributed by atoms with van der Waals surface area (Å²) in [6, 6.07) is 3.21. The summed E-state index contributed by atoms with van der Waals surface area (Å²) in [5.41, 5.74) is -1.23. The molecule has 7 nitrogen and oxygen atoms in total. The Morgan fingerprint density at radius 1 is 1.28 bits per heavy atom. The first-order valence-corrected chi connectivity index (χ1v) is 8.07. The van der Waals surface area contributed by atoms with Gasteiger partial charge in [0.2, 0.25) is 5.89 Å². The van der Waals surface area contributed by atoms with E-state index in [-0.39, 0.29) is 11.1 Å². The molecule has 0 aliphatic heterocycles. The highest BCUT2D eigenvalue weighted by atomic mass is 19.1. The predicted octanol–water partition coefficient (Wildman–Crippen LogP) is 2.80. The lowest BCUT2D eigenvalue weighted by atomic mass is 9.80. The number of hydrogen-bond acceptors (Lipinski definition) is 5. The number of carbonyl (C=O) groups excluding carboxylic acids is 1. The molecule has 1 heterocycles. The van der Waals surface area contributed by atoms with E-state index >= 15 is 0 Å². The van der Waals surface area contributed by atoms with Crippen LogP contribution < -0.4 is 5.32 Å². The van der Waals surface area contributed by atoms with E-state index in [1.165, 1.54) is 12.1 Å². The number of aromatic nitrogens is 2. The minimum absolute atomic E-state index is 0.213. The molecule has 25 heavy (non-hydrogen) atoms. The van der Waals surface area contributed by atoms with Crippen LogP contribution >= 0.6 is 0 Å². The molecule has 1 aliphatic rings. The molecule has 3 rings (SSSR count). The molecule has 0 spiro atoms. The molecule has 2 aromatic rings. The van der Waals surface area contributed by atoms with Gasteiger partial charge in [-0.25, -0.2) is 9.18 Å². The molecule has 0 atom stereocenters. The summed E-state index contributed by atoms with van der Waals surface area (Å²) in [5, 5.41) is 15.7.